The summed E-state index contributed by atoms with van der Waals surface area (Å²) in [5.74, 6) is -0.690. The van der Waals surface area contributed by atoms with E-state index in [1.54, 1.807) is 0 Å². The van der Waals surface area contributed by atoms with Gasteiger partial charge in [-0.1, -0.05) is 6.42 Å². The lowest BCUT2D eigenvalue weighted by molar-refractivity contribution is -0.137. The summed E-state index contributed by atoms with van der Waals surface area (Å²) in [5.41, 5.74) is 0. The van der Waals surface area contributed by atoms with Crippen LogP contribution in [-0.4, -0.2) is 24.7 Å². The van der Waals surface area contributed by atoms with Crippen molar-refractivity contribution in [2.45, 2.75) is 25.7 Å². The first-order valence-electron chi connectivity index (χ1n) is 3.63. The maximum Gasteiger partial charge on any atom is 0.303 e. The number of unbranched alkanes of at least 4 members (excludes halogenated alkanes) is 2. The number of rotatable bonds is 6. The molecule has 0 aromatic heterocycles. The molecule has 3 heteroatoms. The van der Waals surface area contributed by atoms with Gasteiger partial charge in [0.25, 0.3) is 0 Å². The minimum atomic E-state index is -0.690. The summed E-state index contributed by atoms with van der Waals surface area (Å²) in [5, 5.41) is 11.3. The fraction of sp³-hybridized carbons (Fsp3) is 0.857. The van der Waals surface area contributed by atoms with E-state index in [0.717, 1.165) is 25.8 Å². The van der Waals surface area contributed by atoms with Crippen LogP contribution in [0.15, 0.2) is 0 Å². The van der Waals surface area contributed by atoms with Crippen molar-refractivity contribution >= 4 is 5.97 Å². The fourth-order valence-corrected chi connectivity index (χ4v) is 0.755. The predicted octanol–water partition coefficient (Wildman–Crippen LogP) is 0.851. The van der Waals surface area contributed by atoms with Gasteiger partial charge in [0.2, 0.25) is 0 Å². The molecule has 0 rings (SSSR count). The van der Waals surface area contributed by atoms with Crippen LogP contribution in [0.2, 0.25) is 0 Å². The van der Waals surface area contributed by atoms with Gasteiger partial charge in [-0.3, -0.25) is 4.79 Å². The Hall–Kier alpha value is -0.570. The minimum absolute atomic E-state index is 0.309. The number of hydrogen-bond donors (Lipinski definition) is 2. The predicted molar refractivity (Wildman–Crippen MR) is 40.0 cm³/mol. The Bertz CT molecular complexity index is 93.6. The standard InChI is InChI=1S/C7H15NO2/c1-8-6-4-2-3-5-7(9)10/h8H,2-6H2,1H3,(H,9,10). The molecule has 0 unspecified atom stereocenters. The lowest BCUT2D eigenvalue weighted by Gasteiger charge is -1.96. The van der Waals surface area contributed by atoms with Crippen LogP contribution in [0.25, 0.3) is 0 Å². The lowest BCUT2D eigenvalue weighted by Crippen LogP contribution is -2.07. The number of carboxylic acids is 1. The van der Waals surface area contributed by atoms with Gasteiger partial charge in [0.05, 0.1) is 0 Å². The van der Waals surface area contributed by atoms with Crippen molar-refractivity contribution in [2.75, 3.05) is 13.6 Å². The Balaban J connectivity index is 2.84. The maximum atomic E-state index is 10.0. The molecule has 0 radical (unpaired) electrons. The summed E-state index contributed by atoms with van der Waals surface area (Å²) >= 11 is 0. The zero-order valence-corrected chi connectivity index (χ0v) is 6.39. The molecule has 0 aromatic rings. The van der Waals surface area contributed by atoms with Crippen LogP contribution >= 0.6 is 0 Å². The van der Waals surface area contributed by atoms with Gasteiger partial charge in [-0.25, -0.2) is 0 Å². The number of nitrogens with one attached hydrogen (secondary N) is 1. The zero-order chi connectivity index (χ0) is 7.82. The molecule has 0 amide bonds. The largest absolute Gasteiger partial charge is 0.481 e. The van der Waals surface area contributed by atoms with Crippen molar-refractivity contribution in [2.24, 2.45) is 0 Å². The highest BCUT2D eigenvalue weighted by Gasteiger charge is 1.94. The molecule has 2 N–H and O–H groups in total. The van der Waals surface area contributed by atoms with E-state index in [-0.39, 0.29) is 0 Å². The molecule has 0 aromatic carbocycles. The third-order valence-electron chi connectivity index (χ3n) is 1.32. The fourth-order valence-electron chi connectivity index (χ4n) is 0.755. The van der Waals surface area contributed by atoms with Crippen LogP contribution in [-0.2, 0) is 4.79 Å². The van der Waals surface area contributed by atoms with Crippen molar-refractivity contribution in [3.63, 3.8) is 0 Å². The second-order valence-electron chi connectivity index (χ2n) is 2.31. The molecule has 0 spiro atoms. The van der Waals surface area contributed by atoms with Crippen molar-refractivity contribution in [3.05, 3.63) is 0 Å². The number of carbonyl (C=O) groups is 1. The molecule has 0 atom stereocenters. The second-order valence-corrected chi connectivity index (χ2v) is 2.31. The van der Waals surface area contributed by atoms with Gasteiger partial charge >= 0.3 is 5.97 Å². The zero-order valence-electron chi connectivity index (χ0n) is 6.39. The van der Waals surface area contributed by atoms with Gasteiger partial charge in [-0.05, 0) is 26.4 Å². The molecular weight excluding hydrogens is 130 g/mol. The van der Waals surface area contributed by atoms with E-state index in [2.05, 4.69) is 5.32 Å². The average Bonchev–Trinajstić information content (AvgIpc) is 1.87. The van der Waals surface area contributed by atoms with E-state index in [0.29, 0.717) is 6.42 Å². The molecule has 0 heterocycles. The normalized spacial score (nSPS) is 9.70. The Morgan fingerprint density at radius 2 is 2.10 bits per heavy atom. The summed E-state index contributed by atoms with van der Waals surface area (Å²) in [7, 11) is 1.90. The van der Waals surface area contributed by atoms with Gasteiger partial charge in [0.15, 0.2) is 0 Å². The third kappa shape index (κ3) is 7.43. The second kappa shape index (κ2) is 6.55. The van der Waals surface area contributed by atoms with Crippen LogP contribution in [0.4, 0.5) is 0 Å². The van der Waals surface area contributed by atoms with Crippen LogP contribution in [0.3, 0.4) is 0 Å². The molecule has 0 bridgehead atoms. The topological polar surface area (TPSA) is 49.3 Å². The Morgan fingerprint density at radius 1 is 1.40 bits per heavy atom. The quantitative estimate of drug-likeness (QED) is 0.545. The van der Waals surface area contributed by atoms with Gasteiger partial charge in [-0.2, -0.15) is 0 Å². The average molecular weight is 145 g/mol. The monoisotopic (exact) mass is 145 g/mol. The molecule has 0 aliphatic rings. The van der Waals surface area contributed by atoms with Gasteiger partial charge in [-0.15, -0.1) is 0 Å². The lowest BCUT2D eigenvalue weighted by atomic mass is 10.2. The van der Waals surface area contributed by atoms with Crippen molar-refractivity contribution < 1.29 is 9.90 Å². The highest BCUT2D eigenvalue weighted by Crippen LogP contribution is 1.97. The first-order valence-corrected chi connectivity index (χ1v) is 3.63. The van der Waals surface area contributed by atoms with Gasteiger partial charge in [0, 0.05) is 6.42 Å². The maximum absolute atomic E-state index is 10.0. The van der Waals surface area contributed by atoms with E-state index >= 15 is 0 Å². The molecule has 0 saturated carbocycles. The number of hydrogen-bond acceptors (Lipinski definition) is 2. The minimum Gasteiger partial charge on any atom is -0.481 e. The van der Waals surface area contributed by atoms with Crippen LogP contribution in [0.5, 0.6) is 0 Å². The summed E-state index contributed by atoms with van der Waals surface area (Å²) in [4.78, 5) is 10.0. The number of carboxylic acid groups (broad SMARTS) is 1. The molecule has 0 aliphatic heterocycles. The summed E-state index contributed by atoms with van der Waals surface area (Å²) < 4.78 is 0. The van der Waals surface area contributed by atoms with Gasteiger partial charge in [0.1, 0.15) is 0 Å². The van der Waals surface area contributed by atoms with Crippen molar-refractivity contribution in [1.82, 2.24) is 5.32 Å². The Kier molecular flexibility index (Phi) is 6.18. The molecule has 0 fully saturated rings. The van der Waals surface area contributed by atoms with Gasteiger partial charge < -0.3 is 10.4 Å². The smallest absolute Gasteiger partial charge is 0.303 e. The summed E-state index contributed by atoms with van der Waals surface area (Å²) in [6.45, 7) is 0.986. The number of aliphatic carboxylic acids is 1. The highest BCUT2D eigenvalue weighted by molar-refractivity contribution is 5.66. The van der Waals surface area contributed by atoms with E-state index in [9.17, 15) is 4.79 Å². The first-order chi connectivity index (χ1) is 4.77. The Labute approximate surface area is 61.4 Å². The van der Waals surface area contributed by atoms with E-state index in [1.807, 2.05) is 7.05 Å². The molecule has 60 valence electrons. The van der Waals surface area contributed by atoms with Crippen LogP contribution < -0.4 is 5.32 Å². The van der Waals surface area contributed by atoms with Crippen molar-refractivity contribution in [3.8, 4) is 0 Å². The third-order valence-corrected chi connectivity index (χ3v) is 1.32. The highest BCUT2D eigenvalue weighted by atomic mass is 16.4. The van der Waals surface area contributed by atoms with E-state index in [4.69, 9.17) is 5.11 Å². The Morgan fingerprint density at radius 3 is 2.60 bits per heavy atom. The summed E-state index contributed by atoms with van der Waals surface area (Å²) in [6.07, 6.45) is 3.19. The van der Waals surface area contributed by atoms with Crippen LogP contribution in [0, 0.1) is 0 Å². The summed E-state index contributed by atoms with van der Waals surface area (Å²) in [6, 6.07) is 0. The van der Waals surface area contributed by atoms with Crippen LogP contribution in [0.1, 0.15) is 25.7 Å². The molecule has 0 saturated heterocycles. The molecular formula is C7H15NO2. The molecule has 10 heavy (non-hydrogen) atoms. The SMILES string of the molecule is CNCCCCCC(=O)O. The van der Waals surface area contributed by atoms with Crippen molar-refractivity contribution in [1.29, 1.82) is 0 Å². The first kappa shape index (κ1) is 9.43. The molecule has 3 nitrogen and oxygen atoms in total. The van der Waals surface area contributed by atoms with E-state index in [1.165, 1.54) is 0 Å². The van der Waals surface area contributed by atoms with E-state index < -0.39 is 5.97 Å². The molecule has 0 aliphatic carbocycles.